The van der Waals surface area contributed by atoms with E-state index in [1.165, 1.54) is 18.2 Å². The van der Waals surface area contributed by atoms with Gasteiger partial charge in [-0.15, -0.1) is 0 Å². The Labute approximate surface area is 149 Å². The average molecular weight is 349 g/mol. The third-order valence-electron chi connectivity index (χ3n) is 4.66. The minimum absolute atomic E-state index is 0.0346. The summed E-state index contributed by atoms with van der Waals surface area (Å²) in [5.74, 6) is -0.859. The van der Waals surface area contributed by atoms with E-state index in [1.807, 2.05) is 25.8 Å². The van der Waals surface area contributed by atoms with E-state index in [0.717, 1.165) is 19.4 Å². The van der Waals surface area contributed by atoms with Gasteiger partial charge in [0.2, 0.25) is 5.91 Å². The Bertz CT molecular complexity index is 604. The summed E-state index contributed by atoms with van der Waals surface area (Å²) in [4.78, 5) is 27.2. The zero-order valence-electron chi connectivity index (χ0n) is 15.2. The molecule has 0 saturated carbocycles. The van der Waals surface area contributed by atoms with Gasteiger partial charge in [0.05, 0.1) is 5.56 Å². The topological polar surface area (TPSA) is 61.4 Å². The number of halogens is 1. The molecule has 0 spiro atoms. The van der Waals surface area contributed by atoms with Crippen LogP contribution in [-0.4, -0.2) is 49.4 Å². The highest BCUT2D eigenvalue weighted by Crippen LogP contribution is 2.18. The van der Waals surface area contributed by atoms with Crippen molar-refractivity contribution >= 4 is 11.8 Å². The second kappa shape index (κ2) is 8.94. The van der Waals surface area contributed by atoms with Crippen LogP contribution in [-0.2, 0) is 4.79 Å². The quantitative estimate of drug-likeness (QED) is 0.826. The molecule has 0 aromatic heterocycles. The van der Waals surface area contributed by atoms with Gasteiger partial charge in [0.15, 0.2) is 0 Å². The van der Waals surface area contributed by atoms with E-state index < -0.39 is 17.8 Å². The van der Waals surface area contributed by atoms with Gasteiger partial charge in [-0.05, 0) is 50.4 Å². The number of carbonyl (C=O) groups excluding carboxylic acids is 2. The predicted molar refractivity (Wildman–Crippen MR) is 95.7 cm³/mol. The molecule has 2 rings (SSSR count). The first kappa shape index (κ1) is 19.4. The highest BCUT2D eigenvalue weighted by atomic mass is 19.1. The molecule has 5 nitrogen and oxygen atoms in total. The fourth-order valence-electron chi connectivity index (χ4n) is 3.30. The van der Waals surface area contributed by atoms with Gasteiger partial charge in [0.1, 0.15) is 11.9 Å². The fourth-order valence-corrected chi connectivity index (χ4v) is 3.30. The first-order chi connectivity index (χ1) is 11.9. The van der Waals surface area contributed by atoms with Crippen LogP contribution < -0.4 is 10.6 Å². The first-order valence-corrected chi connectivity index (χ1v) is 8.92. The normalized spacial score (nSPS) is 18.9. The second-order valence-corrected chi connectivity index (χ2v) is 7.03. The maximum Gasteiger partial charge on any atom is 0.254 e. The molecule has 6 heteroatoms. The van der Waals surface area contributed by atoms with Crippen molar-refractivity contribution in [2.24, 2.45) is 11.8 Å². The monoisotopic (exact) mass is 349 g/mol. The average Bonchev–Trinajstić information content (AvgIpc) is 2.59. The second-order valence-electron chi connectivity index (χ2n) is 7.03. The smallest absolute Gasteiger partial charge is 0.254 e. The number of amides is 2. The van der Waals surface area contributed by atoms with E-state index in [1.54, 1.807) is 6.07 Å². The zero-order valence-corrected chi connectivity index (χ0v) is 15.2. The number of rotatable bonds is 6. The molecule has 1 saturated heterocycles. The lowest BCUT2D eigenvalue weighted by molar-refractivity contribution is -0.136. The van der Waals surface area contributed by atoms with Crippen molar-refractivity contribution in [3.63, 3.8) is 0 Å². The van der Waals surface area contributed by atoms with Crippen molar-refractivity contribution in [3.8, 4) is 0 Å². The molecule has 1 aromatic carbocycles. The Morgan fingerprint density at radius 2 is 2.04 bits per heavy atom. The molecule has 1 aliphatic rings. The third kappa shape index (κ3) is 5.01. The van der Waals surface area contributed by atoms with Crippen LogP contribution in [0.2, 0.25) is 0 Å². The Morgan fingerprint density at radius 3 is 2.68 bits per heavy atom. The summed E-state index contributed by atoms with van der Waals surface area (Å²) in [6, 6.07) is 5.16. The van der Waals surface area contributed by atoms with E-state index >= 15 is 0 Å². The summed E-state index contributed by atoms with van der Waals surface area (Å²) in [5.41, 5.74) is -0.0346. The molecule has 2 atom stereocenters. The third-order valence-corrected chi connectivity index (χ3v) is 4.66. The molecule has 138 valence electrons. The van der Waals surface area contributed by atoms with Crippen LogP contribution in [0.4, 0.5) is 4.39 Å². The molecule has 1 fully saturated rings. The molecule has 25 heavy (non-hydrogen) atoms. The van der Waals surface area contributed by atoms with Crippen LogP contribution in [0.5, 0.6) is 0 Å². The Balaban J connectivity index is 2.08. The lowest BCUT2D eigenvalue weighted by Gasteiger charge is -2.36. The molecule has 0 radical (unpaired) electrons. The number of nitrogens with one attached hydrogen (secondary N) is 2. The molecule has 1 aromatic rings. The maximum absolute atomic E-state index is 13.8. The van der Waals surface area contributed by atoms with Crippen LogP contribution in [0.3, 0.4) is 0 Å². The zero-order chi connectivity index (χ0) is 18.4. The first-order valence-electron chi connectivity index (χ1n) is 8.92. The molecule has 2 N–H and O–H groups in total. The molecule has 0 aliphatic carbocycles. The van der Waals surface area contributed by atoms with E-state index in [2.05, 4.69) is 10.6 Å². The summed E-state index contributed by atoms with van der Waals surface area (Å²) in [5, 5.41) is 5.89. The molecule has 1 heterocycles. The van der Waals surface area contributed by atoms with E-state index in [-0.39, 0.29) is 17.4 Å². The summed E-state index contributed by atoms with van der Waals surface area (Å²) in [6.45, 7) is 6.05. The summed E-state index contributed by atoms with van der Waals surface area (Å²) < 4.78 is 13.8. The highest BCUT2D eigenvalue weighted by molar-refractivity contribution is 5.97. The molecular weight excluding hydrogens is 321 g/mol. The summed E-state index contributed by atoms with van der Waals surface area (Å²) in [7, 11) is 1.91. The van der Waals surface area contributed by atoms with Gasteiger partial charge in [-0.1, -0.05) is 26.0 Å². The van der Waals surface area contributed by atoms with Crippen molar-refractivity contribution in [2.45, 2.75) is 32.7 Å². The number of hydrogen-bond acceptors (Lipinski definition) is 3. The maximum atomic E-state index is 13.8. The van der Waals surface area contributed by atoms with Gasteiger partial charge in [-0.3, -0.25) is 9.59 Å². The number of hydrogen-bond donors (Lipinski definition) is 2. The molecule has 0 bridgehead atoms. The van der Waals surface area contributed by atoms with Gasteiger partial charge in [-0.25, -0.2) is 4.39 Å². The fraction of sp³-hybridized carbons (Fsp3) is 0.579. The summed E-state index contributed by atoms with van der Waals surface area (Å²) >= 11 is 0. The number of piperidine rings is 1. The Hall–Kier alpha value is -1.95. The van der Waals surface area contributed by atoms with Crippen LogP contribution in [0.25, 0.3) is 0 Å². The minimum Gasteiger partial charge on any atom is -0.341 e. The highest BCUT2D eigenvalue weighted by Gasteiger charge is 2.32. The van der Waals surface area contributed by atoms with Gasteiger partial charge < -0.3 is 15.5 Å². The number of nitrogens with zero attached hydrogens (tertiary/aromatic N) is 1. The number of carbonyl (C=O) groups is 2. The Morgan fingerprint density at radius 1 is 1.32 bits per heavy atom. The van der Waals surface area contributed by atoms with Crippen molar-refractivity contribution in [1.29, 1.82) is 0 Å². The number of benzene rings is 1. The lowest BCUT2D eigenvalue weighted by atomic mass is 9.95. The van der Waals surface area contributed by atoms with Crippen molar-refractivity contribution in [2.75, 3.05) is 26.7 Å². The van der Waals surface area contributed by atoms with Gasteiger partial charge in [0, 0.05) is 13.1 Å². The van der Waals surface area contributed by atoms with Crippen LogP contribution in [0.15, 0.2) is 24.3 Å². The van der Waals surface area contributed by atoms with Gasteiger partial charge in [0.25, 0.3) is 5.91 Å². The minimum atomic E-state index is -0.652. The van der Waals surface area contributed by atoms with Gasteiger partial charge >= 0.3 is 0 Å². The van der Waals surface area contributed by atoms with Crippen molar-refractivity contribution < 1.29 is 14.0 Å². The van der Waals surface area contributed by atoms with Crippen LogP contribution >= 0.6 is 0 Å². The standard InChI is InChI=1S/C19H28FN3O2/c1-13(2)17(22-18(24)15-8-4-5-9-16(15)20)19(25)23-10-6-7-14(12-23)11-21-3/h4-5,8-9,13-14,17,21H,6-7,10-12H2,1-3H3,(H,22,24). The molecule has 1 aliphatic heterocycles. The van der Waals surface area contributed by atoms with Crippen LogP contribution in [0.1, 0.15) is 37.0 Å². The van der Waals surface area contributed by atoms with E-state index in [9.17, 15) is 14.0 Å². The molecular formula is C19H28FN3O2. The lowest BCUT2D eigenvalue weighted by Crippen LogP contribution is -2.54. The largest absolute Gasteiger partial charge is 0.341 e. The van der Waals surface area contributed by atoms with E-state index in [0.29, 0.717) is 19.0 Å². The SMILES string of the molecule is CNCC1CCCN(C(=O)C(NC(=O)c2ccccc2F)C(C)C)C1. The van der Waals surface area contributed by atoms with Crippen LogP contribution in [0, 0.1) is 17.7 Å². The number of likely N-dealkylation sites (tertiary alicyclic amines) is 1. The molecule has 2 unspecified atom stereocenters. The summed E-state index contributed by atoms with van der Waals surface area (Å²) in [6.07, 6.45) is 2.06. The Kier molecular flexibility index (Phi) is 6.93. The predicted octanol–water partition coefficient (Wildman–Crippen LogP) is 2.04. The van der Waals surface area contributed by atoms with Crippen molar-refractivity contribution in [1.82, 2.24) is 15.5 Å². The van der Waals surface area contributed by atoms with E-state index in [4.69, 9.17) is 0 Å². The van der Waals surface area contributed by atoms with Gasteiger partial charge in [-0.2, -0.15) is 0 Å². The van der Waals surface area contributed by atoms with Crippen molar-refractivity contribution in [3.05, 3.63) is 35.6 Å². The molecule has 2 amide bonds.